The number of anilines is 1. The molecule has 1 unspecified atom stereocenters. The molecule has 0 spiro atoms. The van der Waals surface area contributed by atoms with E-state index in [4.69, 9.17) is 0 Å². The highest BCUT2D eigenvalue weighted by molar-refractivity contribution is 5.56. The summed E-state index contributed by atoms with van der Waals surface area (Å²) in [7, 11) is 0. The van der Waals surface area contributed by atoms with Crippen molar-refractivity contribution in [2.24, 2.45) is 0 Å². The van der Waals surface area contributed by atoms with E-state index in [2.05, 4.69) is 10.6 Å². The molecule has 0 radical (unpaired) electrons. The second kappa shape index (κ2) is 5.73. The van der Waals surface area contributed by atoms with Crippen LogP contribution in [0.15, 0.2) is 18.2 Å². The predicted molar refractivity (Wildman–Crippen MR) is 64.1 cm³/mol. The number of hydrogen-bond acceptors (Lipinski definition) is 3. The molecule has 3 N–H and O–H groups in total. The van der Waals surface area contributed by atoms with Gasteiger partial charge in [0, 0.05) is 12.2 Å². The lowest BCUT2D eigenvalue weighted by Gasteiger charge is -2.18. The number of aliphatic hydroxyl groups excluding tert-OH is 1. The Morgan fingerprint density at radius 1 is 1.27 bits per heavy atom. The Labute approximate surface area is 91.5 Å². The molecule has 1 rings (SSSR count). The van der Waals surface area contributed by atoms with E-state index in [0.29, 0.717) is 6.54 Å². The molecule has 0 aliphatic heterocycles. The lowest BCUT2D eigenvalue weighted by molar-refractivity contribution is 0.200. The van der Waals surface area contributed by atoms with E-state index in [-0.39, 0.29) is 0 Å². The van der Waals surface area contributed by atoms with Crippen molar-refractivity contribution in [1.29, 1.82) is 0 Å². The maximum atomic E-state index is 9.71. The molecule has 0 aliphatic rings. The molecule has 3 heteroatoms. The van der Waals surface area contributed by atoms with Crippen LogP contribution in [-0.2, 0) is 0 Å². The summed E-state index contributed by atoms with van der Waals surface area (Å²) in [5.41, 5.74) is 3.35. The Kier molecular flexibility index (Phi) is 4.59. The van der Waals surface area contributed by atoms with Gasteiger partial charge in [0.15, 0.2) is 0 Å². The molecule has 0 aliphatic carbocycles. The molecule has 0 fully saturated rings. The summed E-state index contributed by atoms with van der Waals surface area (Å²) in [6, 6.07) is 6.09. The Hall–Kier alpha value is -1.06. The minimum absolute atomic E-state index is 0.537. The quantitative estimate of drug-likeness (QED) is 0.645. The molecule has 0 heterocycles. The van der Waals surface area contributed by atoms with Gasteiger partial charge in [-0.3, -0.25) is 0 Å². The molecule has 0 saturated carbocycles. The first-order valence-electron chi connectivity index (χ1n) is 5.36. The van der Waals surface area contributed by atoms with Crippen molar-refractivity contribution in [2.45, 2.75) is 27.0 Å². The Balaban J connectivity index is 2.63. The number of nitrogens with one attached hydrogen (secondary N) is 2. The van der Waals surface area contributed by atoms with E-state index in [0.717, 1.165) is 23.4 Å². The van der Waals surface area contributed by atoms with E-state index < -0.39 is 6.23 Å². The predicted octanol–water partition coefficient (Wildman–Crippen LogP) is 1.64. The number of rotatable bonds is 5. The number of hydrogen-bond donors (Lipinski definition) is 3. The second-order valence-electron chi connectivity index (χ2n) is 3.73. The van der Waals surface area contributed by atoms with E-state index in [1.54, 1.807) is 0 Å². The molecule has 1 aromatic carbocycles. The Bertz CT molecular complexity index is 292. The van der Waals surface area contributed by atoms with E-state index in [1.807, 2.05) is 39.0 Å². The van der Waals surface area contributed by atoms with Gasteiger partial charge in [-0.05, 0) is 31.5 Å². The minimum atomic E-state index is -0.537. The molecule has 1 atom stereocenters. The van der Waals surface area contributed by atoms with Crippen LogP contribution in [0.1, 0.15) is 18.1 Å². The number of aryl methyl sites for hydroxylation is 2. The van der Waals surface area contributed by atoms with Crippen molar-refractivity contribution in [3.8, 4) is 0 Å². The fraction of sp³-hybridized carbons (Fsp3) is 0.500. The summed E-state index contributed by atoms with van der Waals surface area (Å²) in [5.74, 6) is 0. The lowest BCUT2D eigenvalue weighted by atomic mass is 10.1. The zero-order valence-electron chi connectivity index (χ0n) is 9.67. The summed E-state index contributed by atoms with van der Waals surface area (Å²) < 4.78 is 0. The molecule has 0 bridgehead atoms. The van der Waals surface area contributed by atoms with Crippen molar-refractivity contribution >= 4 is 5.69 Å². The Morgan fingerprint density at radius 3 is 2.40 bits per heavy atom. The molecule has 1 aromatic rings. The molecule has 0 saturated heterocycles. The first-order chi connectivity index (χ1) is 7.15. The van der Waals surface area contributed by atoms with Gasteiger partial charge in [-0.2, -0.15) is 0 Å². The van der Waals surface area contributed by atoms with Crippen LogP contribution in [0.3, 0.4) is 0 Å². The average Bonchev–Trinajstić information content (AvgIpc) is 2.21. The monoisotopic (exact) mass is 208 g/mol. The van der Waals surface area contributed by atoms with Crippen LogP contribution < -0.4 is 10.6 Å². The van der Waals surface area contributed by atoms with E-state index in [1.165, 1.54) is 0 Å². The topological polar surface area (TPSA) is 44.3 Å². The van der Waals surface area contributed by atoms with Crippen LogP contribution >= 0.6 is 0 Å². The van der Waals surface area contributed by atoms with Crippen LogP contribution in [0.5, 0.6) is 0 Å². The molecular formula is C12H20N2O. The van der Waals surface area contributed by atoms with Gasteiger partial charge in [-0.15, -0.1) is 0 Å². The maximum absolute atomic E-state index is 9.71. The summed E-state index contributed by atoms with van der Waals surface area (Å²) in [6.07, 6.45) is -0.537. The number of aliphatic hydroxyl groups is 1. The first kappa shape index (κ1) is 12.0. The van der Waals surface area contributed by atoms with E-state index >= 15 is 0 Å². The van der Waals surface area contributed by atoms with Crippen molar-refractivity contribution in [3.05, 3.63) is 29.3 Å². The average molecular weight is 208 g/mol. The zero-order chi connectivity index (χ0) is 11.3. The molecule has 0 amide bonds. The smallest absolute Gasteiger partial charge is 0.137 e. The van der Waals surface area contributed by atoms with Gasteiger partial charge in [-0.1, -0.05) is 25.1 Å². The van der Waals surface area contributed by atoms with Crippen LogP contribution in [-0.4, -0.2) is 24.4 Å². The molecular weight excluding hydrogens is 188 g/mol. The summed E-state index contributed by atoms with van der Waals surface area (Å²) in [4.78, 5) is 0. The fourth-order valence-electron chi connectivity index (χ4n) is 1.54. The van der Waals surface area contributed by atoms with Crippen LogP contribution in [0.25, 0.3) is 0 Å². The number of benzene rings is 1. The van der Waals surface area contributed by atoms with Crippen LogP contribution in [0.2, 0.25) is 0 Å². The standard InChI is InChI=1S/C12H20N2O/c1-4-13-8-11(15)14-12-9(2)6-5-7-10(12)3/h5-7,11,13-15H,4,8H2,1-3H3. The van der Waals surface area contributed by atoms with Crippen molar-refractivity contribution in [3.63, 3.8) is 0 Å². The second-order valence-corrected chi connectivity index (χ2v) is 3.73. The normalized spacial score (nSPS) is 12.5. The van der Waals surface area contributed by atoms with Gasteiger partial charge in [0.05, 0.1) is 0 Å². The largest absolute Gasteiger partial charge is 0.372 e. The molecule has 0 aromatic heterocycles. The van der Waals surface area contributed by atoms with Gasteiger partial charge in [0.2, 0.25) is 0 Å². The zero-order valence-corrected chi connectivity index (χ0v) is 9.67. The summed E-state index contributed by atoms with van der Waals surface area (Å²) in [6.45, 7) is 7.52. The maximum Gasteiger partial charge on any atom is 0.137 e. The van der Waals surface area contributed by atoms with Crippen LogP contribution in [0.4, 0.5) is 5.69 Å². The molecule has 15 heavy (non-hydrogen) atoms. The first-order valence-corrected chi connectivity index (χ1v) is 5.36. The summed E-state index contributed by atoms with van der Waals surface area (Å²) in [5, 5.41) is 15.9. The van der Waals surface area contributed by atoms with Gasteiger partial charge < -0.3 is 15.7 Å². The minimum Gasteiger partial charge on any atom is -0.372 e. The Morgan fingerprint density at radius 2 is 1.87 bits per heavy atom. The van der Waals surface area contributed by atoms with Gasteiger partial charge in [-0.25, -0.2) is 0 Å². The highest BCUT2D eigenvalue weighted by Gasteiger charge is 2.06. The van der Waals surface area contributed by atoms with Crippen molar-refractivity contribution in [2.75, 3.05) is 18.4 Å². The number of likely N-dealkylation sites (N-methyl/N-ethyl adjacent to an activating group) is 1. The fourth-order valence-corrected chi connectivity index (χ4v) is 1.54. The third-order valence-electron chi connectivity index (χ3n) is 2.38. The SMILES string of the molecule is CCNCC(O)Nc1c(C)cccc1C. The lowest BCUT2D eigenvalue weighted by Crippen LogP contribution is -2.32. The van der Waals surface area contributed by atoms with Crippen LogP contribution in [0, 0.1) is 13.8 Å². The summed E-state index contributed by atoms with van der Waals surface area (Å²) >= 11 is 0. The van der Waals surface area contributed by atoms with Crippen molar-refractivity contribution in [1.82, 2.24) is 5.32 Å². The highest BCUT2D eigenvalue weighted by atomic mass is 16.3. The third kappa shape index (κ3) is 3.53. The van der Waals surface area contributed by atoms with Gasteiger partial charge in [0.25, 0.3) is 0 Å². The van der Waals surface area contributed by atoms with Gasteiger partial charge in [0.1, 0.15) is 6.23 Å². The van der Waals surface area contributed by atoms with E-state index in [9.17, 15) is 5.11 Å². The highest BCUT2D eigenvalue weighted by Crippen LogP contribution is 2.19. The molecule has 84 valence electrons. The number of para-hydroxylation sites is 1. The third-order valence-corrected chi connectivity index (χ3v) is 2.38. The van der Waals surface area contributed by atoms with Gasteiger partial charge >= 0.3 is 0 Å². The molecule has 3 nitrogen and oxygen atoms in total. The van der Waals surface area contributed by atoms with Crippen molar-refractivity contribution < 1.29 is 5.11 Å².